The van der Waals surface area contributed by atoms with Crippen molar-refractivity contribution in [2.24, 2.45) is 0 Å². The molecule has 4 nitrogen and oxygen atoms in total. The standard InChI is InChI=1S/C23H20F3N3OS/c1-15-10-12-29(22-27-11-13-31-22)14-19(15)16-6-8-17(9-7-16)28-21(30)18-4-2-3-5-20(18)23(24,25)26/h2-9,11,13H,10,12,14H2,1H3,(H,28,30). The molecule has 160 valence electrons. The summed E-state index contributed by atoms with van der Waals surface area (Å²) in [5, 5.41) is 5.51. The summed E-state index contributed by atoms with van der Waals surface area (Å²) in [6, 6.07) is 12.0. The van der Waals surface area contributed by atoms with Crippen LogP contribution >= 0.6 is 11.3 Å². The van der Waals surface area contributed by atoms with Gasteiger partial charge in [0, 0.05) is 30.4 Å². The molecule has 0 unspecified atom stereocenters. The highest BCUT2D eigenvalue weighted by molar-refractivity contribution is 7.13. The summed E-state index contributed by atoms with van der Waals surface area (Å²) in [6.45, 7) is 3.76. The lowest BCUT2D eigenvalue weighted by Crippen LogP contribution is -2.30. The van der Waals surface area contributed by atoms with Gasteiger partial charge >= 0.3 is 6.18 Å². The Bertz CT molecular complexity index is 1110. The third-order valence-corrected chi connectivity index (χ3v) is 6.11. The monoisotopic (exact) mass is 443 g/mol. The Hall–Kier alpha value is -3.13. The quantitative estimate of drug-likeness (QED) is 0.530. The molecule has 0 bridgehead atoms. The van der Waals surface area contributed by atoms with Crippen molar-refractivity contribution >= 4 is 33.6 Å². The van der Waals surface area contributed by atoms with Gasteiger partial charge in [0.25, 0.3) is 5.91 Å². The van der Waals surface area contributed by atoms with Crippen LogP contribution in [0.5, 0.6) is 0 Å². The number of nitrogens with one attached hydrogen (secondary N) is 1. The molecule has 0 saturated heterocycles. The van der Waals surface area contributed by atoms with Gasteiger partial charge in [-0.25, -0.2) is 4.98 Å². The molecule has 2 aromatic carbocycles. The van der Waals surface area contributed by atoms with Crippen molar-refractivity contribution in [3.8, 4) is 0 Å². The molecule has 0 radical (unpaired) electrons. The average molecular weight is 443 g/mol. The summed E-state index contributed by atoms with van der Waals surface area (Å²) < 4.78 is 39.6. The summed E-state index contributed by atoms with van der Waals surface area (Å²) in [4.78, 5) is 19.1. The molecule has 0 saturated carbocycles. The maximum absolute atomic E-state index is 13.2. The van der Waals surface area contributed by atoms with Crippen molar-refractivity contribution in [2.75, 3.05) is 23.3 Å². The maximum atomic E-state index is 13.2. The van der Waals surface area contributed by atoms with Crippen LogP contribution in [0, 0.1) is 0 Å². The largest absolute Gasteiger partial charge is 0.417 e. The fourth-order valence-electron chi connectivity index (χ4n) is 3.61. The lowest BCUT2D eigenvalue weighted by atomic mass is 9.95. The minimum Gasteiger partial charge on any atom is -0.343 e. The normalized spacial score (nSPS) is 14.6. The Morgan fingerprint density at radius 1 is 1.13 bits per heavy atom. The first kappa shape index (κ1) is 21.1. The minimum atomic E-state index is -4.59. The highest BCUT2D eigenvalue weighted by Gasteiger charge is 2.34. The smallest absolute Gasteiger partial charge is 0.343 e. The highest BCUT2D eigenvalue weighted by atomic mass is 32.1. The molecule has 1 N–H and O–H groups in total. The fraction of sp³-hybridized carbons (Fsp3) is 0.217. The van der Waals surface area contributed by atoms with Crippen molar-refractivity contribution in [3.63, 3.8) is 0 Å². The molecule has 4 rings (SSSR count). The Balaban J connectivity index is 1.51. The molecule has 0 atom stereocenters. The van der Waals surface area contributed by atoms with Crippen LogP contribution in [0.3, 0.4) is 0 Å². The number of aromatic nitrogens is 1. The molecule has 1 aliphatic heterocycles. The van der Waals surface area contributed by atoms with Crippen molar-refractivity contribution in [2.45, 2.75) is 19.5 Å². The molecule has 0 fully saturated rings. The van der Waals surface area contributed by atoms with Gasteiger partial charge in [-0.2, -0.15) is 13.2 Å². The Kier molecular flexibility index (Phi) is 5.82. The first-order chi connectivity index (χ1) is 14.8. The molecule has 0 aliphatic carbocycles. The van der Waals surface area contributed by atoms with E-state index in [0.717, 1.165) is 36.3 Å². The van der Waals surface area contributed by atoms with E-state index in [1.807, 2.05) is 17.5 Å². The molecule has 1 aromatic heterocycles. The first-order valence-corrected chi connectivity index (χ1v) is 10.6. The van der Waals surface area contributed by atoms with E-state index in [2.05, 4.69) is 22.1 Å². The van der Waals surface area contributed by atoms with Crippen LogP contribution in [0.25, 0.3) is 5.57 Å². The van der Waals surface area contributed by atoms with E-state index in [4.69, 9.17) is 0 Å². The molecule has 2 heterocycles. The summed E-state index contributed by atoms with van der Waals surface area (Å²) >= 11 is 1.60. The number of amides is 1. The zero-order valence-corrected chi connectivity index (χ0v) is 17.6. The lowest BCUT2D eigenvalue weighted by Gasteiger charge is -2.30. The summed E-state index contributed by atoms with van der Waals surface area (Å²) in [7, 11) is 0. The molecule has 1 amide bonds. The number of rotatable bonds is 4. The predicted octanol–water partition coefficient (Wildman–Crippen LogP) is 6.10. The van der Waals surface area contributed by atoms with Crippen molar-refractivity contribution in [1.29, 1.82) is 0 Å². The predicted molar refractivity (Wildman–Crippen MR) is 117 cm³/mol. The molecule has 8 heteroatoms. The fourth-order valence-corrected chi connectivity index (χ4v) is 4.28. The highest BCUT2D eigenvalue weighted by Crippen LogP contribution is 2.33. The molecular formula is C23H20F3N3OS. The average Bonchev–Trinajstić information content (AvgIpc) is 3.29. The zero-order chi connectivity index (χ0) is 22.0. The van der Waals surface area contributed by atoms with Gasteiger partial charge in [0.15, 0.2) is 5.13 Å². The van der Waals surface area contributed by atoms with Crippen molar-refractivity contribution < 1.29 is 18.0 Å². The molecule has 3 aromatic rings. The van der Waals surface area contributed by atoms with E-state index >= 15 is 0 Å². The van der Waals surface area contributed by atoms with Crippen LogP contribution in [0.1, 0.15) is 34.8 Å². The number of halogens is 3. The third-order valence-electron chi connectivity index (χ3n) is 5.28. The van der Waals surface area contributed by atoms with Gasteiger partial charge in [-0.3, -0.25) is 4.79 Å². The van der Waals surface area contributed by atoms with E-state index in [9.17, 15) is 18.0 Å². The number of nitrogens with zero attached hydrogens (tertiary/aromatic N) is 2. The van der Waals surface area contributed by atoms with Crippen LogP contribution in [-0.2, 0) is 6.18 Å². The van der Waals surface area contributed by atoms with Gasteiger partial charge in [0.05, 0.1) is 11.1 Å². The van der Waals surface area contributed by atoms with Gasteiger partial charge in [-0.15, -0.1) is 11.3 Å². The number of alkyl halides is 3. The summed E-state index contributed by atoms with van der Waals surface area (Å²) in [5.74, 6) is -0.788. The number of carbonyl (C=O) groups is 1. The van der Waals surface area contributed by atoms with Crippen LogP contribution in [-0.4, -0.2) is 24.0 Å². The number of hydrogen-bond acceptors (Lipinski definition) is 4. The molecular weight excluding hydrogens is 423 g/mol. The van der Waals surface area contributed by atoms with Gasteiger partial charge in [0.2, 0.25) is 0 Å². The topological polar surface area (TPSA) is 45.2 Å². The first-order valence-electron chi connectivity index (χ1n) is 9.74. The van der Waals surface area contributed by atoms with Gasteiger partial charge in [0.1, 0.15) is 0 Å². The molecule has 1 aliphatic rings. The van der Waals surface area contributed by atoms with Crippen molar-refractivity contribution in [3.05, 3.63) is 82.4 Å². The number of carbonyl (C=O) groups excluding carboxylic acids is 1. The van der Waals surface area contributed by atoms with Crippen LogP contribution in [0.15, 0.2) is 65.7 Å². The van der Waals surface area contributed by atoms with E-state index in [1.165, 1.54) is 29.3 Å². The van der Waals surface area contributed by atoms with Gasteiger partial charge in [-0.05, 0) is 48.7 Å². The van der Waals surface area contributed by atoms with E-state index in [-0.39, 0.29) is 0 Å². The Morgan fingerprint density at radius 2 is 1.87 bits per heavy atom. The number of benzene rings is 2. The summed E-state index contributed by atoms with van der Waals surface area (Å²) in [5.41, 5.74) is 2.60. The molecule has 0 spiro atoms. The van der Waals surface area contributed by atoms with Crippen LogP contribution in [0.4, 0.5) is 24.0 Å². The van der Waals surface area contributed by atoms with Crippen LogP contribution < -0.4 is 10.2 Å². The number of hydrogen-bond donors (Lipinski definition) is 1. The van der Waals surface area contributed by atoms with Crippen LogP contribution in [0.2, 0.25) is 0 Å². The second-order valence-corrected chi connectivity index (χ2v) is 8.19. The number of anilines is 2. The van der Waals surface area contributed by atoms with E-state index < -0.39 is 23.2 Å². The molecule has 31 heavy (non-hydrogen) atoms. The lowest BCUT2D eigenvalue weighted by molar-refractivity contribution is -0.137. The second-order valence-electron chi connectivity index (χ2n) is 7.32. The third kappa shape index (κ3) is 4.64. The van der Waals surface area contributed by atoms with Crippen molar-refractivity contribution in [1.82, 2.24) is 4.98 Å². The van der Waals surface area contributed by atoms with Gasteiger partial charge < -0.3 is 10.2 Å². The van der Waals surface area contributed by atoms with E-state index in [0.29, 0.717) is 5.69 Å². The van der Waals surface area contributed by atoms with E-state index in [1.54, 1.807) is 29.7 Å². The second kappa shape index (κ2) is 8.55. The SMILES string of the molecule is CC1=C(c2ccc(NC(=O)c3ccccc3C(F)(F)F)cc2)CN(c2nccs2)CC1. The summed E-state index contributed by atoms with van der Waals surface area (Å²) in [6.07, 6.45) is -1.87. The Labute approximate surface area is 182 Å². The van der Waals surface area contributed by atoms with Gasteiger partial charge in [-0.1, -0.05) is 29.8 Å². The number of thiazole rings is 1. The zero-order valence-electron chi connectivity index (χ0n) is 16.7. The minimum absolute atomic E-state index is 0.399. The Morgan fingerprint density at radius 3 is 2.55 bits per heavy atom. The maximum Gasteiger partial charge on any atom is 0.417 e.